The second-order valence-corrected chi connectivity index (χ2v) is 2.91. The van der Waals surface area contributed by atoms with Crippen LogP contribution in [0.5, 0.6) is 0 Å². The van der Waals surface area contributed by atoms with Crippen molar-refractivity contribution in [3.8, 4) is 0 Å². The van der Waals surface area contributed by atoms with E-state index in [1.165, 1.54) is 0 Å². The van der Waals surface area contributed by atoms with Gasteiger partial charge in [-0.2, -0.15) is 0 Å². The van der Waals surface area contributed by atoms with E-state index in [0.717, 1.165) is 0 Å². The van der Waals surface area contributed by atoms with Crippen LogP contribution in [0.15, 0.2) is 0 Å². The maximum Gasteiger partial charge on any atom is 2.00 e. The van der Waals surface area contributed by atoms with Crippen LogP contribution >= 0.6 is 0 Å². The summed E-state index contributed by atoms with van der Waals surface area (Å²) < 4.78 is 68.5. The zero-order valence-electron chi connectivity index (χ0n) is 5.50. The first kappa shape index (κ1) is 24.2. The molecule has 0 rings (SSSR count). The summed E-state index contributed by atoms with van der Waals surface area (Å²) in [6.45, 7) is 0. The van der Waals surface area contributed by atoms with Crippen molar-refractivity contribution in [3.05, 3.63) is 0 Å². The summed E-state index contributed by atoms with van der Waals surface area (Å²) in [6.07, 6.45) is 0. The minimum Gasteiger partial charge on any atom is 2.00 e. The van der Waals surface area contributed by atoms with E-state index in [2.05, 4.69) is 0 Å². The quantitative estimate of drug-likeness (QED) is 0.227. The summed E-state index contributed by atoms with van der Waals surface area (Å²) in [4.78, 5) is 0. The average molecular weight is 387 g/mol. The van der Waals surface area contributed by atoms with Crippen LogP contribution in [0.2, 0.25) is 0 Å². The van der Waals surface area contributed by atoms with Gasteiger partial charge >= 0.3 is 121 Å². The largest absolute Gasteiger partial charge is 2.00 e. The van der Waals surface area contributed by atoms with Crippen molar-refractivity contribution in [1.82, 2.24) is 0 Å². The van der Waals surface area contributed by atoms with Crippen molar-refractivity contribution in [2.24, 2.45) is 0 Å². The molecule has 0 amide bonds. The molecule has 0 atom stereocenters. The number of hydrogen-bond acceptors (Lipinski definition) is 8. The molecular formula is CrO8SSr2. The van der Waals surface area contributed by atoms with Crippen molar-refractivity contribution in [3.63, 3.8) is 0 Å². The van der Waals surface area contributed by atoms with Gasteiger partial charge < -0.3 is 9.11 Å². The van der Waals surface area contributed by atoms with Crippen molar-refractivity contribution in [1.29, 1.82) is 0 Å². The monoisotopic (exact) mass is 388 g/mol. The molecule has 0 spiro atoms. The molecule has 8 nitrogen and oxygen atoms in total. The van der Waals surface area contributed by atoms with Gasteiger partial charge in [0.2, 0.25) is 0 Å². The van der Waals surface area contributed by atoms with E-state index in [4.69, 9.17) is 33.4 Å². The van der Waals surface area contributed by atoms with E-state index in [-0.39, 0.29) is 91.0 Å². The summed E-state index contributed by atoms with van der Waals surface area (Å²) >= 11 is -5.75. The van der Waals surface area contributed by atoms with E-state index >= 15 is 0 Å². The number of rotatable bonds is 0. The van der Waals surface area contributed by atoms with Crippen molar-refractivity contribution < 1.29 is 47.1 Å². The maximum absolute atomic E-state index is 8.59. The third-order valence-electron chi connectivity index (χ3n) is 0. The van der Waals surface area contributed by atoms with Gasteiger partial charge in [-0.1, -0.05) is 0 Å². The van der Waals surface area contributed by atoms with Crippen molar-refractivity contribution in [2.45, 2.75) is 0 Å². The van der Waals surface area contributed by atoms with Crippen LogP contribution in [-0.2, 0) is 31.6 Å². The van der Waals surface area contributed by atoms with Gasteiger partial charge in [0, 0.05) is 10.4 Å². The topological polar surface area (TPSA) is 161 Å². The van der Waals surface area contributed by atoms with Gasteiger partial charge in [-0.15, -0.1) is 0 Å². The SMILES string of the molecule is O=S(=O)([O-])[O-].[O]=[Cr](=[O])([O-])[O-].[Sr+2].[Sr+2]. The molecule has 0 aromatic heterocycles. The molecular weight excluding hydrogens is 387 g/mol. The molecule has 0 bridgehead atoms. The van der Waals surface area contributed by atoms with Crippen LogP contribution in [0.4, 0.5) is 0 Å². The minimum absolute atomic E-state index is 0. The Hall–Kier alpha value is 2.88. The summed E-state index contributed by atoms with van der Waals surface area (Å²) in [5, 5.41) is 0. The molecule has 12 heavy (non-hydrogen) atoms. The molecule has 0 aromatic rings. The normalized spacial score (nSPS) is 9.67. The first-order valence-corrected chi connectivity index (χ1v) is 4.75. The molecule has 64 valence electrons. The zero-order chi connectivity index (χ0) is 9.00. The van der Waals surface area contributed by atoms with Crippen LogP contribution in [0, 0.1) is 0 Å². The molecule has 0 saturated heterocycles. The fourth-order valence-electron chi connectivity index (χ4n) is 0. The zero-order valence-corrected chi connectivity index (χ0v) is 14.5. The predicted molar refractivity (Wildman–Crippen MR) is 23.4 cm³/mol. The molecule has 0 radical (unpaired) electrons. The Kier molecular flexibility index (Phi) is 21.0. The third-order valence-corrected chi connectivity index (χ3v) is 0. The third kappa shape index (κ3) is 219. The first-order valence-electron chi connectivity index (χ1n) is 1.33. The second kappa shape index (κ2) is 10.4. The maximum atomic E-state index is 8.59. The fraction of sp³-hybridized carbons (Fsp3) is 0. The Morgan fingerprint density at radius 3 is 0.917 bits per heavy atom. The smallest absolute Gasteiger partial charge is 2.00 e. The molecule has 0 saturated carbocycles. The minimum atomic E-state index is -5.75. The van der Waals surface area contributed by atoms with E-state index in [1.54, 1.807) is 0 Å². The Labute approximate surface area is 145 Å². The summed E-state index contributed by atoms with van der Waals surface area (Å²) in [5.41, 5.74) is 0. The van der Waals surface area contributed by atoms with Gasteiger partial charge in [-0.05, 0) is 0 Å². The average Bonchev–Trinajstić information content (AvgIpc) is 1.12. The molecule has 0 aromatic carbocycles. The Morgan fingerprint density at radius 1 is 0.917 bits per heavy atom. The van der Waals surface area contributed by atoms with Gasteiger partial charge in [-0.3, -0.25) is 8.42 Å². The van der Waals surface area contributed by atoms with Gasteiger partial charge in [-0.25, -0.2) is 0 Å². The molecule has 0 unspecified atom stereocenters. The van der Waals surface area contributed by atoms with Crippen LogP contribution in [0.1, 0.15) is 0 Å². The molecule has 0 heterocycles. The summed E-state index contributed by atoms with van der Waals surface area (Å²) in [5.74, 6) is 0. The first-order chi connectivity index (χ1) is 4.00. The predicted octanol–water partition coefficient (Wildman–Crippen LogP) is -4.72. The Morgan fingerprint density at radius 2 is 0.917 bits per heavy atom. The van der Waals surface area contributed by atoms with Crippen LogP contribution < -0.4 is 8.32 Å². The molecule has 0 aliphatic heterocycles. The van der Waals surface area contributed by atoms with Gasteiger partial charge in [0.1, 0.15) is 0 Å². The Bertz CT molecular complexity index is 213. The standard InChI is InChI=1S/Cr.H2O4S.4O.2Sr/c;1-5(2,3)4;;;;;;/h;(H2,1,2,3,4);;;;;;/q;;;;2*-1;2*+2/p-2. The van der Waals surface area contributed by atoms with Crippen LogP contribution in [-0.4, -0.2) is 108 Å². The second-order valence-electron chi connectivity index (χ2n) is 0.816. The van der Waals surface area contributed by atoms with Gasteiger partial charge in [0.05, 0.1) is 0 Å². The summed E-state index contributed by atoms with van der Waals surface area (Å²) in [6, 6.07) is 0. The summed E-state index contributed by atoms with van der Waals surface area (Å²) in [7, 11) is -5.17. The Balaban J connectivity index is -0.0000000457. The van der Waals surface area contributed by atoms with E-state index in [1.807, 2.05) is 0 Å². The van der Waals surface area contributed by atoms with Gasteiger partial charge in [0.15, 0.2) is 0 Å². The van der Waals surface area contributed by atoms with E-state index in [9.17, 15) is 0 Å². The molecule has 0 N–H and O–H groups in total. The molecule has 0 aliphatic carbocycles. The fourth-order valence-corrected chi connectivity index (χ4v) is 0. The van der Waals surface area contributed by atoms with Crippen molar-refractivity contribution in [2.75, 3.05) is 0 Å². The van der Waals surface area contributed by atoms with Crippen LogP contribution in [0.25, 0.3) is 0 Å². The van der Waals surface area contributed by atoms with Gasteiger partial charge in [0.25, 0.3) is 0 Å². The number of hydrogen-bond donors (Lipinski definition) is 0. The van der Waals surface area contributed by atoms with Crippen molar-refractivity contribution >= 4 is 101 Å². The van der Waals surface area contributed by atoms with E-state index < -0.39 is 24.0 Å². The van der Waals surface area contributed by atoms with Crippen LogP contribution in [0.3, 0.4) is 0 Å². The van der Waals surface area contributed by atoms with E-state index in [0.29, 0.717) is 0 Å². The molecule has 0 aliphatic rings. The molecule has 0 fully saturated rings. The molecule has 12 heteroatoms.